The predicted octanol–water partition coefficient (Wildman–Crippen LogP) is 27.7. The maximum absolute atomic E-state index is 3.51. The van der Waals surface area contributed by atoms with Crippen LogP contribution in [0.3, 0.4) is 0 Å². The van der Waals surface area contributed by atoms with Crippen molar-refractivity contribution in [2.45, 2.75) is 17.3 Å². The molecule has 103 heavy (non-hydrogen) atoms. The quantitative estimate of drug-likeness (QED) is 0.139. The Kier molecular flexibility index (Phi) is 15.7. The van der Waals surface area contributed by atoms with Crippen LogP contribution in [-0.2, 0) is 17.3 Å². The van der Waals surface area contributed by atoms with Crippen LogP contribution in [0, 0.1) is 0 Å². The first-order valence-corrected chi connectivity index (χ1v) is 37.8. The monoisotopic (exact) mass is 1410 g/mol. The summed E-state index contributed by atoms with van der Waals surface area (Å²) in [5.74, 6) is 0. The van der Waals surface area contributed by atoms with E-state index in [0.717, 1.165) is 28.0 Å². The van der Waals surface area contributed by atoms with E-state index in [1.54, 1.807) is 0 Å². The number of benzene rings is 16. The molecule has 486 valence electrons. The number of fused-ring (bicyclic) bond motifs is 19. The summed E-state index contributed by atoms with van der Waals surface area (Å²) in [4.78, 5) is 2.45. The topological polar surface area (TPSA) is 3.24 Å². The van der Waals surface area contributed by atoms with Gasteiger partial charge in [0.25, 0.3) is 0 Å². The van der Waals surface area contributed by atoms with Crippen LogP contribution in [0.1, 0.15) is 55.6 Å². The van der Waals surface area contributed by atoms with E-state index in [1.165, 1.54) is 152 Å². The fraction of sp³-hybridized carbons (Fsp3) is 0.0303. The maximum Gasteiger partial charge on any atom is 0.0726 e. The Hall–Kier alpha value is -11.8. The standard InChI is InChI=1S/C49H31NS.C38H28.C12H7BrS/c1-2-12-32(13-3-1)33-22-24-34(25-23-33)50(35-27-29-48-42(30-35)41-17-7-11-21-47(41)51-48)36-26-28-40-39-16-6-10-20-45(39)49(46(40)31-36)43-18-8-4-14-37(43)38-15-5-9-19-44(38)49;1-4-12-30(13-5-1)31-23-20-28(21-24-31)26-29-22-25-35-34-18-10-11-19-36(34)38(37(35)27-29,32-14-6-2-7-15-32)33-16-8-3-9-17-33;13-8-5-6-12-10(7-8)9-3-1-2-4-11(9)14-12/h1-31H;1-25,27H,26H2;1-7H. The number of nitrogens with zero attached hydrogens (tertiary/aromatic N) is 1. The van der Waals surface area contributed by atoms with Crippen molar-refractivity contribution in [1.29, 1.82) is 0 Å². The molecule has 3 aliphatic carbocycles. The van der Waals surface area contributed by atoms with E-state index in [9.17, 15) is 0 Å². The first kappa shape index (κ1) is 62.3. The summed E-state index contributed by atoms with van der Waals surface area (Å²) < 4.78 is 6.49. The molecule has 21 rings (SSSR count). The normalized spacial score (nSPS) is 12.9. The molecule has 0 bridgehead atoms. The second-order valence-electron chi connectivity index (χ2n) is 27.0. The number of hydrogen-bond donors (Lipinski definition) is 0. The molecule has 0 fully saturated rings. The zero-order valence-corrected chi connectivity index (χ0v) is 59.5. The van der Waals surface area contributed by atoms with Crippen LogP contribution < -0.4 is 4.90 Å². The van der Waals surface area contributed by atoms with Gasteiger partial charge in [-0.25, -0.2) is 0 Å². The largest absolute Gasteiger partial charge is 0.310 e. The fourth-order valence-corrected chi connectivity index (χ4v) is 19.5. The van der Waals surface area contributed by atoms with Gasteiger partial charge in [0.1, 0.15) is 0 Å². The lowest BCUT2D eigenvalue weighted by atomic mass is 9.67. The van der Waals surface area contributed by atoms with Crippen molar-refractivity contribution in [2.24, 2.45) is 0 Å². The molecule has 0 atom stereocenters. The van der Waals surface area contributed by atoms with Gasteiger partial charge in [0.05, 0.1) is 10.8 Å². The van der Waals surface area contributed by atoms with E-state index in [2.05, 4.69) is 409 Å². The van der Waals surface area contributed by atoms with Gasteiger partial charge in [-0.3, -0.25) is 0 Å². The molecule has 4 heteroatoms. The average molecular weight is 1410 g/mol. The Morgan fingerprint density at radius 1 is 0.233 bits per heavy atom. The lowest BCUT2D eigenvalue weighted by molar-refractivity contribution is 0.767. The summed E-state index contributed by atoms with van der Waals surface area (Å²) in [6, 6.07) is 142. The molecule has 1 spiro atoms. The molecule has 0 amide bonds. The van der Waals surface area contributed by atoms with Gasteiger partial charge in [-0.05, 0) is 190 Å². The zero-order chi connectivity index (χ0) is 68.4. The van der Waals surface area contributed by atoms with Crippen LogP contribution in [0.5, 0.6) is 0 Å². The van der Waals surface area contributed by atoms with Crippen molar-refractivity contribution in [1.82, 2.24) is 0 Å². The molecule has 0 unspecified atom stereocenters. The number of hydrogen-bond acceptors (Lipinski definition) is 3. The number of halogens is 1. The SMILES string of the molecule is Brc1ccc2sc3ccccc3c2c1.c1ccc(-c2ccc(Cc3ccc4c(c3)C(c3ccccc3)(c3ccccc3)c3ccccc3-4)cc2)cc1.c1ccc(-c2ccc(N(c3ccc4c(c3)C3(c5ccccc5-c5ccccc53)c3ccccc3-4)c3ccc4sc5ccccc5c4c3)cc2)cc1. The van der Waals surface area contributed by atoms with E-state index >= 15 is 0 Å². The van der Waals surface area contributed by atoms with Crippen molar-refractivity contribution < 1.29 is 0 Å². The summed E-state index contributed by atoms with van der Waals surface area (Å²) in [6.07, 6.45) is 0.901. The van der Waals surface area contributed by atoms with E-state index < -0.39 is 5.41 Å². The molecule has 16 aromatic carbocycles. The van der Waals surface area contributed by atoms with Gasteiger partial charge in [-0.2, -0.15) is 0 Å². The number of anilines is 3. The summed E-state index contributed by atoms with van der Waals surface area (Å²) in [5.41, 5.74) is 29.0. The molecule has 0 radical (unpaired) electrons. The van der Waals surface area contributed by atoms with Crippen LogP contribution in [0.15, 0.2) is 393 Å². The van der Waals surface area contributed by atoms with E-state index in [-0.39, 0.29) is 5.41 Å². The molecular weight excluding hydrogens is 1350 g/mol. The Balaban J connectivity index is 0.000000123. The number of thiophene rings is 2. The molecule has 3 aliphatic rings. The van der Waals surface area contributed by atoms with Gasteiger partial charge in [0.15, 0.2) is 0 Å². The Bertz CT molecular complexity index is 6110. The first-order valence-electron chi connectivity index (χ1n) is 35.3. The second-order valence-corrected chi connectivity index (χ2v) is 30.1. The molecule has 1 nitrogen and oxygen atoms in total. The van der Waals surface area contributed by atoms with Gasteiger partial charge in [-0.1, -0.05) is 331 Å². The van der Waals surface area contributed by atoms with E-state index in [4.69, 9.17) is 0 Å². The molecule has 0 saturated carbocycles. The summed E-state index contributed by atoms with van der Waals surface area (Å²) in [7, 11) is 0. The third-order valence-corrected chi connectivity index (χ3v) is 24.2. The van der Waals surface area contributed by atoms with E-state index in [1.807, 2.05) is 22.7 Å². The third kappa shape index (κ3) is 10.5. The highest BCUT2D eigenvalue weighted by Crippen LogP contribution is 2.64. The number of rotatable bonds is 9. The van der Waals surface area contributed by atoms with Crippen LogP contribution in [-0.4, -0.2) is 0 Å². The van der Waals surface area contributed by atoms with Gasteiger partial charge < -0.3 is 4.90 Å². The minimum Gasteiger partial charge on any atom is -0.310 e. The van der Waals surface area contributed by atoms with Crippen LogP contribution in [0.25, 0.3) is 96.0 Å². The van der Waals surface area contributed by atoms with Crippen molar-refractivity contribution in [2.75, 3.05) is 4.90 Å². The van der Waals surface area contributed by atoms with Crippen molar-refractivity contribution >= 4 is 96.0 Å². The highest BCUT2D eigenvalue weighted by Gasteiger charge is 2.52. The minimum atomic E-state index is -0.397. The minimum absolute atomic E-state index is 0.346. The zero-order valence-electron chi connectivity index (χ0n) is 56.3. The van der Waals surface area contributed by atoms with Crippen LogP contribution >= 0.6 is 38.6 Å². The van der Waals surface area contributed by atoms with Crippen LogP contribution in [0.2, 0.25) is 0 Å². The van der Waals surface area contributed by atoms with Crippen molar-refractivity contribution in [3.8, 4) is 55.6 Å². The van der Waals surface area contributed by atoms with Gasteiger partial charge >= 0.3 is 0 Å². The highest BCUT2D eigenvalue weighted by molar-refractivity contribution is 9.10. The first-order chi connectivity index (χ1) is 51.0. The lowest BCUT2D eigenvalue weighted by Gasteiger charge is -2.34. The lowest BCUT2D eigenvalue weighted by Crippen LogP contribution is -2.28. The third-order valence-electron chi connectivity index (χ3n) is 21.4. The molecular formula is C99H66BrNS2. The maximum atomic E-state index is 3.51. The van der Waals surface area contributed by atoms with Crippen molar-refractivity contribution in [3.63, 3.8) is 0 Å². The smallest absolute Gasteiger partial charge is 0.0726 e. The van der Waals surface area contributed by atoms with Gasteiger partial charge in [-0.15, -0.1) is 22.7 Å². The Labute approximate surface area is 617 Å². The molecule has 0 N–H and O–H groups in total. The molecule has 2 aromatic heterocycles. The van der Waals surface area contributed by atoms with Gasteiger partial charge in [0, 0.05) is 61.9 Å². The summed E-state index contributed by atoms with van der Waals surface area (Å²) in [5, 5.41) is 5.30. The highest BCUT2D eigenvalue weighted by atomic mass is 79.9. The van der Waals surface area contributed by atoms with Crippen LogP contribution in [0.4, 0.5) is 17.1 Å². The molecule has 0 aliphatic heterocycles. The molecule has 2 heterocycles. The molecule has 18 aromatic rings. The molecule has 0 saturated heterocycles. The summed E-state index contributed by atoms with van der Waals surface area (Å²) in [6.45, 7) is 0. The predicted molar refractivity (Wildman–Crippen MR) is 441 cm³/mol. The summed E-state index contributed by atoms with van der Waals surface area (Å²) >= 11 is 7.22. The average Bonchev–Trinajstić information content (AvgIpc) is 1.52. The van der Waals surface area contributed by atoms with Gasteiger partial charge in [0.2, 0.25) is 0 Å². The Morgan fingerprint density at radius 2 is 0.583 bits per heavy atom. The van der Waals surface area contributed by atoms with E-state index in [0.29, 0.717) is 0 Å². The fourth-order valence-electron chi connectivity index (χ4n) is 16.9. The van der Waals surface area contributed by atoms with Crippen molar-refractivity contribution in [3.05, 3.63) is 448 Å². The second kappa shape index (κ2) is 26.0. The Morgan fingerprint density at radius 3 is 1.11 bits per heavy atom.